The lowest BCUT2D eigenvalue weighted by molar-refractivity contribution is -0.121. The van der Waals surface area contributed by atoms with E-state index < -0.39 is 10.0 Å². The normalized spacial score (nSPS) is 22.1. The zero-order chi connectivity index (χ0) is 16.4. The molecule has 124 valence electrons. The number of hydrogen-bond acceptors (Lipinski definition) is 5. The molecule has 7 nitrogen and oxygen atoms in total. The summed E-state index contributed by atoms with van der Waals surface area (Å²) in [5, 5.41) is 0. The number of hydrogen-bond donors (Lipinski definition) is 1. The van der Waals surface area contributed by atoms with Crippen LogP contribution in [0, 0.1) is 0 Å². The van der Waals surface area contributed by atoms with Crippen molar-refractivity contribution in [2.24, 2.45) is 0 Å². The van der Waals surface area contributed by atoms with Gasteiger partial charge in [-0.1, -0.05) is 0 Å². The number of sulfonamides is 1. The molecule has 0 bridgehead atoms. The predicted octanol–water partition coefficient (Wildman–Crippen LogP) is 0.797. The van der Waals surface area contributed by atoms with Crippen LogP contribution in [0.1, 0.15) is 25.7 Å². The molecule has 23 heavy (non-hydrogen) atoms. The molecule has 2 fully saturated rings. The molecular formula is C15H18N2O5S. The van der Waals surface area contributed by atoms with Crippen molar-refractivity contribution in [1.29, 1.82) is 0 Å². The van der Waals surface area contributed by atoms with Gasteiger partial charge in [0.2, 0.25) is 21.8 Å². The Morgan fingerprint density at radius 3 is 2.35 bits per heavy atom. The van der Waals surface area contributed by atoms with Crippen LogP contribution in [-0.4, -0.2) is 39.5 Å². The molecule has 0 saturated carbocycles. The van der Waals surface area contributed by atoms with Crippen molar-refractivity contribution in [2.45, 2.75) is 36.7 Å². The van der Waals surface area contributed by atoms with E-state index in [9.17, 15) is 18.0 Å². The van der Waals surface area contributed by atoms with Crippen molar-refractivity contribution < 1.29 is 22.7 Å². The van der Waals surface area contributed by atoms with Crippen LogP contribution < -0.4 is 9.62 Å². The van der Waals surface area contributed by atoms with E-state index in [1.54, 1.807) is 0 Å². The van der Waals surface area contributed by atoms with Gasteiger partial charge in [-0.3, -0.25) is 14.5 Å². The lowest BCUT2D eigenvalue weighted by Crippen LogP contribution is -2.32. The van der Waals surface area contributed by atoms with Crippen molar-refractivity contribution >= 4 is 27.5 Å². The Morgan fingerprint density at radius 1 is 1.13 bits per heavy atom. The molecule has 0 spiro atoms. The van der Waals surface area contributed by atoms with Gasteiger partial charge in [-0.2, -0.15) is 0 Å². The minimum Gasteiger partial charge on any atom is -0.377 e. The van der Waals surface area contributed by atoms with Crippen LogP contribution in [-0.2, 0) is 24.3 Å². The van der Waals surface area contributed by atoms with Crippen LogP contribution in [0.3, 0.4) is 0 Å². The van der Waals surface area contributed by atoms with Crippen molar-refractivity contribution in [3.8, 4) is 0 Å². The molecule has 1 atom stereocenters. The maximum Gasteiger partial charge on any atom is 0.240 e. The first-order valence-electron chi connectivity index (χ1n) is 7.54. The van der Waals surface area contributed by atoms with Crippen molar-refractivity contribution in [3.05, 3.63) is 24.3 Å². The van der Waals surface area contributed by atoms with E-state index in [0.717, 1.165) is 17.7 Å². The number of benzene rings is 1. The molecule has 2 aliphatic rings. The number of nitrogens with one attached hydrogen (secondary N) is 1. The number of imide groups is 1. The number of amides is 2. The van der Waals surface area contributed by atoms with Gasteiger partial charge in [-0.05, 0) is 37.1 Å². The Balaban J connectivity index is 1.70. The van der Waals surface area contributed by atoms with E-state index in [1.807, 2.05) is 0 Å². The van der Waals surface area contributed by atoms with Crippen molar-refractivity contribution in [3.63, 3.8) is 0 Å². The molecule has 1 N–H and O–H groups in total. The van der Waals surface area contributed by atoms with Crippen LogP contribution in [0.5, 0.6) is 0 Å². The first-order chi connectivity index (χ1) is 11.0. The lowest BCUT2D eigenvalue weighted by Gasteiger charge is -2.15. The third-order valence-electron chi connectivity index (χ3n) is 3.98. The van der Waals surface area contributed by atoms with Gasteiger partial charge in [0.05, 0.1) is 16.7 Å². The summed E-state index contributed by atoms with van der Waals surface area (Å²) in [5.74, 6) is -0.524. The minimum atomic E-state index is -3.63. The highest BCUT2D eigenvalue weighted by molar-refractivity contribution is 7.89. The standard InChI is InChI=1S/C15H18N2O5S/c18-14-7-8-15(19)17(14)11-3-5-13(6-4-11)23(20,21)16-10-12-2-1-9-22-12/h3-6,12,16H,1-2,7-10H2/t12-/m1/s1. The monoisotopic (exact) mass is 338 g/mol. The Kier molecular flexibility index (Phi) is 4.47. The van der Waals surface area contributed by atoms with E-state index >= 15 is 0 Å². The molecule has 2 amide bonds. The van der Waals surface area contributed by atoms with Gasteiger partial charge in [0.1, 0.15) is 0 Å². The van der Waals surface area contributed by atoms with E-state index in [1.165, 1.54) is 24.3 Å². The Hall–Kier alpha value is -1.77. The van der Waals surface area contributed by atoms with Crippen LogP contribution >= 0.6 is 0 Å². The van der Waals surface area contributed by atoms with Gasteiger partial charge in [-0.15, -0.1) is 0 Å². The molecule has 2 heterocycles. The third kappa shape index (κ3) is 3.44. The first kappa shape index (κ1) is 16.1. The molecule has 2 saturated heterocycles. The smallest absolute Gasteiger partial charge is 0.240 e. The fourth-order valence-electron chi connectivity index (χ4n) is 2.73. The molecule has 8 heteroatoms. The van der Waals surface area contributed by atoms with Gasteiger partial charge in [0.25, 0.3) is 0 Å². The summed E-state index contributed by atoms with van der Waals surface area (Å²) < 4.78 is 32.4. The lowest BCUT2D eigenvalue weighted by atomic mass is 10.2. The number of rotatable bonds is 5. The molecule has 2 aliphatic heterocycles. The third-order valence-corrected chi connectivity index (χ3v) is 5.42. The summed E-state index contributed by atoms with van der Waals surface area (Å²) in [6.45, 7) is 0.909. The average molecular weight is 338 g/mol. The molecule has 0 aromatic heterocycles. The number of carbonyl (C=O) groups is 2. The van der Waals surface area contributed by atoms with E-state index in [-0.39, 0.29) is 42.2 Å². The second kappa shape index (κ2) is 6.38. The highest BCUT2D eigenvalue weighted by Gasteiger charge is 2.30. The van der Waals surface area contributed by atoms with E-state index in [4.69, 9.17) is 4.74 Å². The Morgan fingerprint density at radius 2 is 1.78 bits per heavy atom. The maximum atomic E-state index is 12.2. The van der Waals surface area contributed by atoms with E-state index in [2.05, 4.69) is 4.72 Å². The molecule has 1 aromatic carbocycles. The van der Waals surface area contributed by atoms with Crippen LogP contribution in [0.4, 0.5) is 5.69 Å². The van der Waals surface area contributed by atoms with Crippen molar-refractivity contribution in [2.75, 3.05) is 18.1 Å². The van der Waals surface area contributed by atoms with E-state index in [0.29, 0.717) is 12.3 Å². The van der Waals surface area contributed by atoms with Gasteiger partial charge >= 0.3 is 0 Å². The summed E-state index contributed by atoms with van der Waals surface area (Å²) >= 11 is 0. The van der Waals surface area contributed by atoms with Gasteiger partial charge in [0.15, 0.2) is 0 Å². The van der Waals surface area contributed by atoms with Crippen LogP contribution in [0.2, 0.25) is 0 Å². The second-order valence-corrected chi connectivity index (χ2v) is 7.37. The summed E-state index contributed by atoms with van der Waals surface area (Å²) in [6, 6.07) is 5.74. The number of nitrogens with zero attached hydrogens (tertiary/aromatic N) is 1. The number of anilines is 1. The Labute approximate surface area is 134 Å². The summed E-state index contributed by atoms with van der Waals surface area (Å²) in [6.07, 6.45) is 2.10. The highest BCUT2D eigenvalue weighted by Crippen LogP contribution is 2.24. The largest absolute Gasteiger partial charge is 0.377 e. The fourth-order valence-corrected chi connectivity index (χ4v) is 3.80. The summed E-state index contributed by atoms with van der Waals surface area (Å²) in [4.78, 5) is 24.5. The Bertz CT molecular complexity index is 692. The molecular weight excluding hydrogens is 320 g/mol. The zero-order valence-corrected chi connectivity index (χ0v) is 13.3. The van der Waals surface area contributed by atoms with Gasteiger partial charge in [0, 0.05) is 26.0 Å². The summed E-state index contributed by atoms with van der Waals surface area (Å²) in [5.41, 5.74) is 0.399. The number of ether oxygens (including phenoxy) is 1. The molecule has 1 aromatic rings. The zero-order valence-electron chi connectivity index (χ0n) is 12.5. The predicted molar refractivity (Wildman–Crippen MR) is 82.3 cm³/mol. The highest BCUT2D eigenvalue weighted by atomic mass is 32.2. The molecule has 0 aliphatic carbocycles. The molecule has 0 radical (unpaired) electrons. The first-order valence-corrected chi connectivity index (χ1v) is 9.03. The second-order valence-electron chi connectivity index (χ2n) is 5.60. The fraction of sp³-hybridized carbons (Fsp3) is 0.467. The average Bonchev–Trinajstić information content (AvgIpc) is 3.16. The summed E-state index contributed by atoms with van der Waals surface area (Å²) in [7, 11) is -3.63. The van der Waals surface area contributed by atoms with Crippen LogP contribution in [0.15, 0.2) is 29.2 Å². The number of carbonyl (C=O) groups excluding carboxylic acids is 2. The molecule has 0 unspecified atom stereocenters. The van der Waals surface area contributed by atoms with Crippen LogP contribution in [0.25, 0.3) is 0 Å². The molecule has 3 rings (SSSR count). The minimum absolute atomic E-state index is 0.0797. The quantitative estimate of drug-likeness (QED) is 0.802. The SMILES string of the molecule is O=C1CCC(=O)N1c1ccc(S(=O)(=O)NC[C@H]2CCCO2)cc1. The topological polar surface area (TPSA) is 92.8 Å². The maximum absolute atomic E-state index is 12.2. The van der Waals surface area contributed by atoms with Crippen molar-refractivity contribution in [1.82, 2.24) is 4.72 Å². The van der Waals surface area contributed by atoms with Gasteiger partial charge < -0.3 is 4.74 Å². The van der Waals surface area contributed by atoms with Gasteiger partial charge in [-0.25, -0.2) is 13.1 Å².